The molecule has 6 heteroatoms. The van der Waals surface area contributed by atoms with Crippen LogP contribution in [0.5, 0.6) is 11.5 Å². The van der Waals surface area contributed by atoms with Crippen molar-refractivity contribution in [2.75, 3.05) is 6.79 Å². The standard InChI is InChI=1S/C17H11ClN2O3/c18-12-4-2-1-3-11(12)16-19-13(17(21)20-16)7-10-5-6-14-15(8-10)23-9-22-14/h1-8H,9H2,(H,19,20,21)/b13-7-. The fourth-order valence-corrected chi connectivity index (χ4v) is 2.64. The number of ether oxygens (including phenoxy) is 2. The van der Waals surface area contributed by atoms with E-state index < -0.39 is 0 Å². The highest BCUT2D eigenvalue weighted by Crippen LogP contribution is 2.33. The Hall–Kier alpha value is -2.79. The van der Waals surface area contributed by atoms with Gasteiger partial charge in [-0.1, -0.05) is 29.8 Å². The van der Waals surface area contributed by atoms with Gasteiger partial charge in [-0.3, -0.25) is 4.79 Å². The first-order chi connectivity index (χ1) is 11.2. The van der Waals surface area contributed by atoms with E-state index in [0.717, 1.165) is 5.56 Å². The number of benzene rings is 2. The minimum absolute atomic E-state index is 0.213. The fourth-order valence-electron chi connectivity index (χ4n) is 2.41. The lowest BCUT2D eigenvalue weighted by Gasteiger charge is -2.01. The Bertz CT molecular complexity index is 874. The van der Waals surface area contributed by atoms with E-state index in [1.807, 2.05) is 30.3 Å². The molecule has 4 rings (SSSR count). The van der Waals surface area contributed by atoms with Crippen molar-refractivity contribution in [2.24, 2.45) is 4.99 Å². The fraction of sp³-hybridized carbons (Fsp3) is 0.0588. The maximum Gasteiger partial charge on any atom is 0.275 e. The summed E-state index contributed by atoms with van der Waals surface area (Å²) in [6.07, 6.45) is 1.70. The van der Waals surface area contributed by atoms with Crippen LogP contribution in [0.1, 0.15) is 11.1 Å². The lowest BCUT2D eigenvalue weighted by Crippen LogP contribution is -2.24. The number of fused-ring (bicyclic) bond motifs is 1. The van der Waals surface area contributed by atoms with Crippen LogP contribution in [-0.4, -0.2) is 18.5 Å². The molecule has 5 nitrogen and oxygen atoms in total. The zero-order chi connectivity index (χ0) is 15.8. The van der Waals surface area contributed by atoms with Crippen LogP contribution in [0.4, 0.5) is 0 Å². The van der Waals surface area contributed by atoms with Crippen molar-refractivity contribution in [1.29, 1.82) is 0 Å². The van der Waals surface area contributed by atoms with E-state index in [4.69, 9.17) is 21.1 Å². The molecule has 2 heterocycles. The average molecular weight is 327 g/mol. The molecule has 2 aliphatic rings. The molecule has 1 amide bonds. The summed E-state index contributed by atoms with van der Waals surface area (Å²) < 4.78 is 10.6. The van der Waals surface area contributed by atoms with Gasteiger partial charge in [-0.05, 0) is 35.9 Å². The van der Waals surface area contributed by atoms with Gasteiger partial charge in [-0.25, -0.2) is 4.99 Å². The second-order valence-electron chi connectivity index (χ2n) is 5.04. The Labute approximate surface area is 137 Å². The van der Waals surface area contributed by atoms with E-state index in [2.05, 4.69) is 10.3 Å². The lowest BCUT2D eigenvalue weighted by atomic mass is 10.1. The molecular weight excluding hydrogens is 316 g/mol. The van der Waals surface area contributed by atoms with Gasteiger partial charge in [0, 0.05) is 5.56 Å². The average Bonchev–Trinajstić information content (AvgIpc) is 3.14. The predicted molar refractivity (Wildman–Crippen MR) is 86.7 cm³/mol. The van der Waals surface area contributed by atoms with Crippen LogP contribution >= 0.6 is 11.6 Å². The Morgan fingerprint density at radius 3 is 2.83 bits per heavy atom. The molecule has 1 N–H and O–H groups in total. The Morgan fingerprint density at radius 1 is 1.13 bits per heavy atom. The van der Waals surface area contributed by atoms with Gasteiger partial charge in [0.2, 0.25) is 6.79 Å². The zero-order valence-electron chi connectivity index (χ0n) is 11.9. The highest BCUT2D eigenvalue weighted by molar-refractivity contribution is 6.35. The number of nitrogens with one attached hydrogen (secondary N) is 1. The van der Waals surface area contributed by atoms with E-state index in [1.54, 1.807) is 18.2 Å². The maximum atomic E-state index is 12.1. The molecule has 0 spiro atoms. The normalized spacial score (nSPS) is 17.3. The zero-order valence-corrected chi connectivity index (χ0v) is 12.6. The topological polar surface area (TPSA) is 59.9 Å². The third-order valence-corrected chi connectivity index (χ3v) is 3.86. The predicted octanol–water partition coefficient (Wildman–Crippen LogP) is 2.99. The van der Waals surface area contributed by atoms with Crippen LogP contribution in [0, 0.1) is 0 Å². The number of hydrogen-bond acceptors (Lipinski definition) is 4. The van der Waals surface area contributed by atoms with Crippen molar-refractivity contribution in [3.63, 3.8) is 0 Å². The van der Waals surface area contributed by atoms with Crippen molar-refractivity contribution in [3.8, 4) is 11.5 Å². The van der Waals surface area contributed by atoms with E-state index in [1.165, 1.54) is 0 Å². The minimum atomic E-state index is -0.266. The number of amidine groups is 1. The molecule has 0 aromatic heterocycles. The number of nitrogens with zero attached hydrogens (tertiary/aromatic N) is 1. The quantitative estimate of drug-likeness (QED) is 0.863. The number of amides is 1. The van der Waals surface area contributed by atoms with Crippen LogP contribution < -0.4 is 14.8 Å². The molecule has 2 aliphatic heterocycles. The van der Waals surface area contributed by atoms with E-state index in [0.29, 0.717) is 33.6 Å². The Morgan fingerprint density at radius 2 is 1.96 bits per heavy atom. The molecule has 0 saturated carbocycles. The van der Waals surface area contributed by atoms with Crippen molar-refractivity contribution in [2.45, 2.75) is 0 Å². The highest BCUT2D eigenvalue weighted by atomic mass is 35.5. The largest absolute Gasteiger partial charge is 0.454 e. The monoisotopic (exact) mass is 326 g/mol. The van der Waals surface area contributed by atoms with Gasteiger partial charge in [0.25, 0.3) is 5.91 Å². The van der Waals surface area contributed by atoms with E-state index >= 15 is 0 Å². The number of rotatable bonds is 2. The Balaban J connectivity index is 1.69. The second-order valence-corrected chi connectivity index (χ2v) is 5.44. The first kappa shape index (κ1) is 13.8. The molecule has 0 radical (unpaired) electrons. The molecule has 0 fully saturated rings. The van der Waals surface area contributed by atoms with E-state index in [9.17, 15) is 4.79 Å². The maximum absolute atomic E-state index is 12.1. The molecule has 0 atom stereocenters. The first-order valence-electron chi connectivity index (χ1n) is 6.97. The summed E-state index contributed by atoms with van der Waals surface area (Å²) >= 11 is 6.14. The lowest BCUT2D eigenvalue weighted by molar-refractivity contribution is -0.115. The minimum Gasteiger partial charge on any atom is -0.454 e. The second kappa shape index (κ2) is 5.44. The van der Waals surface area contributed by atoms with Crippen molar-refractivity contribution >= 4 is 29.4 Å². The summed E-state index contributed by atoms with van der Waals surface area (Å²) in [6.45, 7) is 0.213. The summed E-state index contributed by atoms with van der Waals surface area (Å²) in [7, 11) is 0. The van der Waals surface area contributed by atoms with Crippen LogP contribution in [0.3, 0.4) is 0 Å². The van der Waals surface area contributed by atoms with Gasteiger partial charge in [-0.2, -0.15) is 0 Å². The number of carbonyl (C=O) groups is 1. The number of aliphatic imine (C=N–C) groups is 1. The first-order valence-corrected chi connectivity index (χ1v) is 7.35. The number of halogens is 1. The number of hydrogen-bond donors (Lipinski definition) is 1. The summed E-state index contributed by atoms with van der Waals surface area (Å²) in [4.78, 5) is 16.5. The van der Waals surface area contributed by atoms with Crippen molar-refractivity contribution in [3.05, 3.63) is 64.3 Å². The molecule has 0 aliphatic carbocycles. The SMILES string of the molecule is O=C1NC(c2ccccc2Cl)=N/C1=C\c1ccc2c(c1)OCO2. The summed E-state index contributed by atoms with van der Waals surface area (Å²) in [5, 5.41) is 3.27. The van der Waals surface area contributed by atoms with Crippen LogP contribution in [0.2, 0.25) is 5.02 Å². The Kier molecular flexibility index (Phi) is 3.28. The molecule has 0 bridgehead atoms. The van der Waals surface area contributed by atoms with Gasteiger partial charge in [0.05, 0.1) is 5.02 Å². The molecule has 2 aromatic carbocycles. The van der Waals surface area contributed by atoms with Gasteiger partial charge in [-0.15, -0.1) is 0 Å². The summed E-state index contributed by atoms with van der Waals surface area (Å²) in [5.41, 5.74) is 1.82. The molecule has 114 valence electrons. The van der Waals surface area contributed by atoms with E-state index in [-0.39, 0.29) is 12.7 Å². The molecule has 2 aromatic rings. The van der Waals surface area contributed by atoms with Gasteiger partial charge in [0.15, 0.2) is 11.5 Å². The molecule has 23 heavy (non-hydrogen) atoms. The smallest absolute Gasteiger partial charge is 0.275 e. The molecule has 0 unspecified atom stereocenters. The molecule has 0 saturated heterocycles. The van der Waals surface area contributed by atoms with Crippen molar-refractivity contribution < 1.29 is 14.3 Å². The van der Waals surface area contributed by atoms with Crippen molar-refractivity contribution in [1.82, 2.24) is 5.32 Å². The van der Waals surface area contributed by atoms with Gasteiger partial charge >= 0.3 is 0 Å². The highest BCUT2D eigenvalue weighted by Gasteiger charge is 2.22. The van der Waals surface area contributed by atoms with Crippen LogP contribution in [-0.2, 0) is 4.79 Å². The van der Waals surface area contributed by atoms with Crippen LogP contribution in [0.15, 0.2) is 53.2 Å². The van der Waals surface area contributed by atoms with Gasteiger partial charge < -0.3 is 14.8 Å². The molecular formula is C17H11ClN2O3. The summed E-state index contributed by atoms with van der Waals surface area (Å²) in [6, 6.07) is 12.7. The van der Waals surface area contributed by atoms with Crippen LogP contribution in [0.25, 0.3) is 6.08 Å². The summed E-state index contributed by atoms with van der Waals surface area (Å²) in [5.74, 6) is 1.54. The van der Waals surface area contributed by atoms with Gasteiger partial charge in [0.1, 0.15) is 11.5 Å². The third-order valence-electron chi connectivity index (χ3n) is 3.53. The number of carbonyl (C=O) groups excluding carboxylic acids is 1. The third kappa shape index (κ3) is 2.55.